The van der Waals surface area contributed by atoms with Gasteiger partial charge in [0.1, 0.15) is 5.75 Å². The second kappa shape index (κ2) is 5.23. The summed E-state index contributed by atoms with van der Waals surface area (Å²) in [6.07, 6.45) is -1.79. The quantitative estimate of drug-likeness (QED) is 0.895. The van der Waals surface area contributed by atoms with E-state index in [2.05, 4.69) is 4.74 Å². The Morgan fingerprint density at radius 3 is 2.56 bits per heavy atom. The van der Waals surface area contributed by atoms with Gasteiger partial charge in [-0.25, -0.2) is 0 Å². The predicted octanol–water partition coefficient (Wildman–Crippen LogP) is 3.24. The zero-order valence-corrected chi connectivity index (χ0v) is 8.72. The van der Waals surface area contributed by atoms with Crippen molar-refractivity contribution < 1.29 is 23.0 Å². The number of rotatable bonds is 3. The van der Waals surface area contributed by atoms with E-state index in [1.54, 1.807) is 0 Å². The summed E-state index contributed by atoms with van der Waals surface area (Å²) in [5, 5.41) is 8.37. The first-order valence-electron chi connectivity index (χ1n) is 4.25. The van der Waals surface area contributed by atoms with Crippen LogP contribution in [0.3, 0.4) is 0 Å². The van der Waals surface area contributed by atoms with Crippen LogP contribution in [0.4, 0.5) is 13.2 Å². The van der Waals surface area contributed by atoms with Crippen molar-refractivity contribution in [1.29, 1.82) is 0 Å². The fraction of sp³-hybridized carbons (Fsp3) is 0.200. The van der Waals surface area contributed by atoms with Crippen LogP contribution in [0.1, 0.15) is 5.56 Å². The highest BCUT2D eigenvalue weighted by Crippen LogP contribution is 2.30. The third kappa shape index (κ3) is 4.12. The van der Waals surface area contributed by atoms with E-state index in [9.17, 15) is 13.2 Å². The van der Waals surface area contributed by atoms with E-state index < -0.39 is 12.1 Å². The molecular weight excluding hydrogens is 245 g/mol. The molecule has 0 saturated carbocycles. The van der Waals surface area contributed by atoms with Crippen LogP contribution < -0.4 is 4.74 Å². The standard InChI is InChI=1S/C10H8ClF3O2/c11-8-6-7(2-1-5-15)3-4-9(8)16-10(12,13)14/h1-4,6,15H,5H2. The van der Waals surface area contributed by atoms with Crippen molar-refractivity contribution in [2.45, 2.75) is 6.36 Å². The summed E-state index contributed by atoms with van der Waals surface area (Å²) in [5.41, 5.74) is 0.577. The van der Waals surface area contributed by atoms with Crippen molar-refractivity contribution in [3.8, 4) is 5.75 Å². The first-order valence-corrected chi connectivity index (χ1v) is 4.63. The number of aliphatic hydroxyl groups excluding tert-OH is 1. The maximum absolute atomic E-state index is 11.9. The van der Waals surface area contributed by atoms with Crippen molar-refractivity contribution in [3.05, 3.63) is 34.9 Å². The molecule has 88 valence electrons. The van der Waals surface area contributed by atoms with Gasteiger partial charge in [-0.1, -0.05) is 29.8 Å². The van der Waals surface area contributed by atoms with Crippen LogP contribution in [0.5, 0.6) is 5.75 Å². The van der Waals surface area contributed by atoms with E-state index in [0.29, 0.717) is 5.56 Å². The summed E-state index contributed by atoms with van der Waals surface area (Å²) in [4.78, 5) is 0. The lowest BCUT2D eigenvalue weighted by molar-refractivity contribution is -0.274. The highest BCUT2D eigenvalue weighted by Gasteiger charge is 2.31. The number of alkyl halides is 3. The zero-order chi connectivity index (χ0) is 12.2. The van der Waals surface area contributed by atoms with Gasteiger partial charge in [0.2, 0.25) is 0 Å². The number of aliphatic hydroxyl groups is 1. The van der Waals surface area contributed by atoms with Gasteiger partial charge in [-0.15, -0.1) is 13.2 Å². The molecule has 0 bridgehead atoms. The molecule has 0 aliphatic rings. The topological polar surface area (TPSA) is 29.5 Å². The molecule has 1 rings (SSSR count). The maximum Gasteiger partial charge on any atom is 0.573 e. The summed E-state index contributed by atoms with van der Waals surface area (Å²) in [6.45, 7) is -0.154. The first-order chi connectivity index (χ1) is 7.42. The molecule has 2 nitrogen and oxygen atoms in total. The molecular formula is C10H8ClF3O2. The van der Waals surface area contributed by atoms with Gasteiger partial charge in [0.25, 0.3) is 0 Å². The minimum absolute atomic E-state index is 0.141. The lowest BCUT2D eigenvalue weighted by atomic mass is 10.2. The molecule has 16 heavy (non-hydrogen) atoms. The number of ether oxygens (including phenoxy) is 1. The summed E-state index contributed by atoms with van der Waals surface area (Å²) >= 11 is 5.59. The molecule has 0 spiro atoms. The Hall–Kier alpha value is -1.20. The van der Waals surface area contributed by atoms with Crippen LogP contribution >= 0.6 is 11.6 Å². The highest BCUT2D eigenvalue weighted by molar-refractivity contribution is 6.32. The molecule has 0 aromatic heterocycles. The third-order valence-corrected chi connectivity index (χ3v) is 1.89. The summed E-state index contributed by atoms with van der Waals surface area (Å²) in [5.74, 6) is -0.449. The van der Waals surface area contributed by atoms with E-state index in [4.69, 9.17) is 16.7 Å². The molecule has 0 fully saturated rings. The Morgan fingerprint density at radius 1 is 1.38 bits per heavy atom. The molecule has 0 radical (unpaired) electrons. The van der Waals surface area contributed by atoms with E-state index >= 15 is 0 Å². The molecule has 0 heterocycles. The molecule has 0 atom stereocenters. The van der Waals surface area contributed by atoms with Crippen molar-refractivity contribution in [1.82, 2.24) is 0 Å². The van der Waals surface area contributed by atoms with Crippen LogP contribution in [-0.2, 0) is 0 Å². The number of halogens is 4. The van der Waals surface area contributed by atoms with Crippen molar-refractivity contribution in [3.63, 3.8) is 0 Å². The second-order valence-corrected chi connectivity index (χ2v) is 3.23. The van der Waals surface area contributed by atoms with Crippen LogP contribution in [-0.4, -0.2) is 18.1 Å². The zero-order valence-electron chi connectivity index (χ0n) is 7.96. The SMILES string of the molecule is OCC=Cc1ccc(OC(F)(F)F)c(Cl)c1. The molecule has 1 aromatic carbocycles. The van der Waals surface area contributed by atoms with Crippen LogP contribution in [0.15, 0.2) is 24.3 Å². The predicted molar refractivity (Wildman–Crippen MR) is 54.3 cm³/mol. The fourth-order valence-electron chi connectivity index (χ4n) is 1.02. The molecule has 1 aromatic rings. The smallest absolute Gasteiger partial charge is 0.404 e. The molecule has 0 aliphatic heterocycles. The van der Waals surface area contributed by atoms with Crippen molar-refractivity contribution in [2.75, 3.05) is 6.61 Å². The van der Waals surface area contributed by atoms with E-state index in [1.165, 1.54) is 24.3 Å². The van der Waals surface area contributed by atoms with Gasteiger partial charge in [0.15, 0.2) is 0 Å². The van der Waals surface area contributed by atoms with Crippen molar-refractivity contribution >= 4 is 17.7 Å². The van der Waals surface area contributed by atoms with E-state index in [-0.39, 0.29) is 11.6 Å². The van der Waals surface area contributed by atoms with Gasteiger partial charge in [0.05, 0.1) is 11.6 Å². The van der Waals surface area contributed by atoms with E-state index in [1.807, 2.05) is 0 Å². The molecule has 0 aliphatic carbocycles. The van der Waals surface area contributed by atoms with Crippen molar-refractivity contribution in [2.24, 2.45) is 0 Å². The minimum atomic E-state index is -4.76. The summed E-state index contributed by atoms with van der Waals surface area (Å²) in [6, 6.07) is 3.83. The average Bonchev–Trinajstić information content (AvgIpc) is 2.17. The van der Waals surface area contributed by atoms with Gasteiger partial charge >= 0.3 is 6.36 Å². The summed E-state index contributed by atoms with van der Waals surface area (Å²) in [7, 11) is 0. The first kappa shape index (κ1) is 12.9. The monoisotopic (exact) mass is 252 g/mol. The van der Waals surface area contributed by atoms with Gasteiger partial charge < -0.3 is 9.84 Å². The Balaban J connectivity index is 2.87. The highest BCUT2D eigenvalue weighted by atomic mass is 35.5. The maximum atomic E-state index is 11.9. The van der Waals surface area contributed by atoms with E-state index in [0.717, 1.165) is 6.07 Å². The number of hydrogen-bond acceptors (Lipinski definition) is 2. The Morgan fingerprint density at radius 2 is 2.06 bits per heavy atom. The number of benzene rings is 1. The normalized spacial score (nSPS) is 12.1. The average molecular weight is 253 g/mol. The van der Waals surface area contributed by atoms with Crippen LogP contribution in [0, 0.1) is 0 Å². The third-order valence-electron chi connectivity index (χ3n) is 1.60. The largest absolute Gasteiger partial charge is 0.573 e. The lowest BCUT2D eigenvalue weighted by Crippen LogP contribution is -2.17. The van der Waals surface area contributed by atoms with Gasteiger partial charge in [-0.05, 0) is 17.7 Å². The summed E-state index contributed by atoms with van der Waals surface area (Å²) < 4.78 is 39.4. The second-order valence-electron chi connectivity index (χ2n) is 2.82. The Bertz CT molecular complexity index is 388. The number of hydrogen-bond donors (Lipinski definition) is 1. The Labute approximate surface area is 94.9 Å². The van der Waals surface area contributed by atoms with Gasteiger partial charge in [-0.3, -0.25) is 0 Å². The lowest BCUT2D eigenvalue weighted by Gasteiger charge is -2.10. The van der Waals surface area contributed by atoms with Gasteiger partial charge in [-0.2, -0.15) is 0 Å². The Kier molecular flexibility index (Phi) is 4.20. The molecule has 6 heteroatoms. The molecule has 1 N–H and O–H groups in total. The van der Waals surface area contributed by atoms with Crippen LogP contribution in [0.2, 0.25) is 5.02 Å². The van der Waals surface area contributed by atoms with Crippen LogP contribution in [0.25, 0.3) is 6.08 Å². The van der Waals surface area contributed by atoms with Gasteiger partial charge in [0, 0.05) is 0 Å². The minimum Gasteiger partial charge on any atom is -0.404 e. The molecule has 0 amide bonds. The molecule has 0 unspecified atom stereocenters. The molecule has 0 saturated heterocycles. The fourth-order valence-corrected chi connectivity index (χ4v) is 1.24.